The number of nitrogens with two attached hydrogens (primary N) is 1. The van der Waals surface area contributed by atoms with Gasteiger partial charge in [-0.3, -0.25) is 16.2 Å². The van der Waals surface area contributed by atoms with Gasteiger partial charge in [0, 0.05) is 22.8 Å². The van der Waals surface area contributed by atoms with Crippen LogP contribution in [0.5, 0.6) is 0 Å². The first-order chi connectivity index (χ1) is 6.88. The van der Waals surface area contributed by atoms with Crippen molar-refractivity contribution in [2.75, 3.05) is 13.1 Å². The number of hydrogen-bond donors (Lipinski definition) is 2. The summed E-state index contributed by atoms with van der Waals surface area (Å²) in [6, 6.07) is 4.38. The molecule has 3 N–H and O–H groups in total. The molecule has 1 aliphatic heterocycles. The Balaban J connectivity index is 1.88. The SMILES string of the molecule is NNCc1ccc(CN2CCCC2)s1. The molecule has 0 unspecified atom stereocenters. The molecule has 14 heavy (non-hydrogen) atoms. The fraction of sp³-hybridized carbons (Fsp3) is 0.600. The van der Waals surface area contributed by atoms with E-state index < -0.39 is 0 Å². The molecule has 4 heteroatoms. The second-order valence-corrected chi connectivity index (χ2v) is 4.99. The van der Waals surface area contributed by atoms with Crippen molar-refractivity contribution in [3.63, 3.8) is 0 Å². The number of hydrazine groups is 1. The third-order valence-corrected chi connectivity index (χ3v) is 3.64. The molecule has 0 aromatic carbocycles. The van der Waals surface area contributed by atoms with Crippen LogP contribution in [0, 0.1) is 0 Å². The Labute approximate surface area is 88.9 Å². The van der Waals surface area contributed by atoms with Crippen molar-refractivity contribution in [3.8, 4) is 0 Å². The first-order valence-electron chi connectivity index (χ1n) is 5.12. The van der Waals surface area contributed by atoms with E-state index in [2.05, 4.69) is 22.5 Å². The zero-order valence-corrected chi connectivity index (χ0v) is 9.15. The molecule has 0 saturated carbocycles. The minimum absolute atomic E-state index is 0.782. The van der Waals surface area contributed by atoms with E-state index in [1.807, 2.05) is 11.3 Å². The van der Waals surface area contributed by atoms with E-state index in [-0.39, 0.29) is 0 Å². The molecule has 78 valence electrons. The first-order valence-corrected chi connectivity index (χ1v) is 5.93. The molecule has 0 atom stereocenters. The van der Waals surface area contributed by atoms with E-state index >= 15 is 0 Å². The second-order valence-electron chi connectivity index (χ2n) is 3.73. The highest BCUT2D eigenvalue weighted by molar-refractivity contribution is 7.11. The Kier molecular flexibility index (Phi) is 3.53. The molecule has 1 aromatic rings. The van der Waals surface area contributed by atoms with Crippen LogP contribution in [0.2, 0.25) is 0 Å². The summed E-state index contributed by atoms with van der Waals surface area (Å²) in [5.41, 5.74) is 2.69. The number of likely N-dealkylation sites (tertiary alicyclic amines) is 1. The van der Waals surface area contributed by atoms with E-state index in [9.17, 15) is 0 Å². The smallest absolute Gasteiger partial charge is 0.0442 e. The number of nitrogens with zero attached hydrogens (tertiary/aromatic N) is 1. The average Bonchev–Trinajstić information content (AvgIpc) is 2.79. The Bertz CT molecular complexity index is 279. The molecule has 2 rings (SSSR count). The Morgan fingerprint density at radius 2 is 2.00 bits per heavy atom. The summed E-state index contributed by atoms with van der Waals surface area (Å²) in [5.74, 6) is 5.28. The highest BCUT2D eigenvalue weighted by Gasteiger charge is 2.12. The Morgan fingerprint density at radius 1 is 1.29 bits per heavy atom. The van der Waals surface area contributed by atoms with Crippen molar-refractivity contribution in [2.24, 2.45) is 5.84 Å². The summed E-state index contributed by atoms with van der Waals surface area (Å²) in [5, 5.41) is 0. The monoisotopic (exact) mass is 211 g/mol. The van der Waals surface area contributed by atoms with E-state index in [1.165, 1.54) is 35.7 Å². The van der Waals surface area contributed by atoms with E-state index in [4.69, 9.17) is 5.84 Å². The van der Waals surface area contributed by atoms with Crippen LogP contribution in [0.4, 0.5) is 0 Å². The van der Waals surface area contributed by atoms with E-state index in [0.717, 1.165) is 13.1 Å². The van der Waals surface area contributed by atoms with Gasteiger partial charge in [-0.25, -0.2) is 0 Å². The maximum Gasteiger partial charge on any atom is 0.0442 e. The van der Waals surface area contributed by atoms with Gasteiger partial charge < -0.3 is 0 Å². The third-order valence-electron chi connectivity index (χ3n) is 2.57. The summed E-state index contributed by atoms with van der Waals surface area (Å²) in [7, 11) is 0. The Morgan fingerprint density at radius 3 is 2.71 bits per heavy atom. The molecule has 1 fully saturated rings. The molecule has 3 nitrogen and oxygen atoms in total. The molecule has 0 bridgehead atoms. The van der Waals surface area contributed by atoms with Crippen molar-refractivity contribution in [1.29, 1.82) is 0 Å². The van der Waals surface area contributed by atoms with Crippen LogP contribution in [0.15, 0.2) is 12.1 Å². The van der Waals surface area contributed by atoms with Gasteiger partial charge in [0.05, 0.1) is 0 Å². The van der Waals surface area contributed by atoms with Crippen molar-refractivity contribution < 1.29 is 0 Å². The van der Waals surface area contributed by atoms with Crippen LogP contribution in [0.3, 0.4) is 0 Å². The lowest BCUT2D eigenvalue weighted by Gasteiger charge is -2.12. The van der Waals surface area contributed by atoms with Crippen LogP contribution < -0.4 is 11.3 Å². The first kappa shape index (κ1) is 10.1. The summed E-state index contributed by atoms with van der Waals surface area (Å²) < 4.78 is 0. The molecule has 1 aromatic heterocycles. The largest absolute Gasteiger partial charge is 0.298 e. The lowest BCUT2D eigenvalue weighted by Crippen LogP contribution is -2.20. The number of hydrogen-bond acceptors (Lipinski definition) is 4. The second kappa shape index (κ2) is 4.89. The molecule has 0 radical (unpaired) electrons. The van der Waals surface area contributed by atoms with Crippen molar-refractivity contribution in [1.82, 2.24) is 10.3 Å². The van der Waals surface area contributed by atoms with Gasteiger partial charge in [-0.1, -0.05) is 0 Å². The molecule has 0 spiro atoms. The van der Waals surface area contributed by atoms with Gasteiger partial charge in [0.15, 0.2) is 0 Å². The van der Waals surface area contributed by atoms with Crippen molar-refractivity contribution >= 4 is 11.3 Å². The maximum absolute atomic E-state index is 5.28. The number of nitrogens with one attached hydrogen (secondary N) is 1. The van der Waals surface area contributed by atoms with Gasteiger partial charge in [0.25, 0.3) is 0 Å². The lowest BCUT2D eigenvalue weighted by molar-refractivity contribution is 0.334. The highest BCUT2D eigenvalue weighted by Crippen LogP contribution is 2.20. The van der Waals surface area contributed by atoms with Gasteiger partial charge in [-0.05, 0) is 38.1 Å². The van der Waals surface area contributed by atoms with Gasteiger partial charge in [0.1, 0.15) is 0 Å². The standard InChI is InChI=1S/C10H17N3S/c11-12-7-9-3-4-10(14-9)8-13-5-1-2-6-13/h3-4,12H,1-2,5-8,11H2. The van der Waals surface area contributed by atoms with Gasteiger partial charge in [-0.15, -0.1) is 11.3 Å². The molecule has 1 saturated heterocycles. The number of thiophene rings is 1. The maximum atomic E-state index is 5.28. The van der Waals surface area contributed by atoms with Crippen molar-refractivity contribution in [3.05, 3.63) is 21.9 Å². The van der Waals surface area contributed by atoms with Crippen LogP contribution in [-0.2, 0) is 13.1 Å². The number of rotatable bonds is 4. The summed E-state index contributed by atoms with van der Waals surface area (Å²) in [6.07, 6.45) is 2.73. The molecular weight excluding hydrogens is 194 g/mol. The lowest BCUT2D eigenvalue weighted by atomic mass is 10.4. The minimum Gasteiger partial charge on any atom is -0.298 e. The molecule has 2 heterocycles. The van der Waals surface area contributed by atoms with Gasteiger partial charge in [0.2, 0.25) is 0 Å². The van der Waals surface area contributed by atoms with Gasteiger partial charge >= 0.3 is 0 Å². The highest BCUT2D eigenvalue weighted by atomic mass is 32.1. The van der Waals surface area contributed by atoms with Crippen LogP contribution in [0.25, 0.3) is 0 Å². The fourth-order valence-electron chi connectivity index (χ4n) is 1.86. The Hall–Kier alpha value is -0.420. The minimum atomic E-state index is 0.782. The van der Waals surface area contributed by atoms with Crippen LogP contribution in [0.1, 0.15) is 22.6 Å². The average molecular weight is 211 g/mol. The fourth-order valence-corrected chi connectivity index (χ4v) is 2.88. The van der Waals surface area contributed by atoms with E-state index in [0.29, 0.717) is 0 Å². The molecular formula is C10H17N3S. The third kappa shape index (κ3) is 2.54. The van der Waals surface area contributed by atoms with Crippen LogP contribution in [-0.4, -0.2) is 18.0 Å². The predicted octanol–water partition coefficient (Wildman–Crippen LogP) is 1.31. The predicted molar refractivity (Wildman–Crippen MR) is 59.9 cm³/mol. The van der Waals surface area contributed by atoms with Crippen molar-refractivity contribution in [2.45, 2.75) is 25.9 Å². The normalized spacial score (nSPS) is 17.8. The molecule has 0 amide bonds. The van der Waals surface area contributed by atoms with E-state index in [1.54, 1.807) is 0 Å². The van der Waals surface area contributed by atoms with Crippen LogP contribution >= 0.6 is 11.3 Å². The zero-order valence-electron chi connectivity index (χ0n) is 8.33. The quantitative estimate of drug-likeness (QED) is 0.583. The van der Waals surface area contributed by atoms with Gasteiger partial charge in [-0.2, -0.15) is 0 Å². The zero-order chi connectivity index (χ0) is 9.80. The summed E-state index contributed by atoms with van der Waals surface area (Å²) >= 11 is 1.86. The summed E-state index contributed by atoms with van der Waals surface area (Å²) in [4.78, 5) is 5.30. The summed E-state index contributed by atoms with van der Waals surface area (Å²) in [6.45, 7) is 4.44. The molecule has 0 aliphatic carbocycles. The topological polar surface area (TPSA) is 41.3 Å². The molecule has 1 aliphatic rings.